The highest BCUT2D eigenvalue weighted by molar-refractivity contribution is 5.95. The first-order chi connectivity index (χ1) is 14.2. The van der Waals surface area contributed by atoms with Crippen LogP contribution in [0.25, 0.3) is 10.9 Å². The second-order valence-corrected chi connectivity index (χ2v) is 8.78. The molecule has 5 rings (SSSR count). The minimum absolute atomic E-state index is 0.0461. The summed E-state index contributed by atoms with van der Waals surface area (Å²) in [6.07, 6.45) is 1.09. The standard InChI is InChI=1S/C21H23F2N3O4/c1-10-17-12(19(27)13(20(28)29)7-26(17)16-5-14(16)22)4-15(23)18(10)25-6-11-2-3-30-9-21(11,24)8-25/h4,7,11,14,16H,2-3,5-6,8-9,24H2,1H3,(H,28,29)/t11-,14+,16-,21+/m1/s1. The number of ether oxygens (including phenoxy) is 1. The minimum atomic E-state index is -1.41. The van der Waals surface area contributed by atoms with Crippen LogP contribution in [0.4, 0.5) is 14.5 Å². The molecule has 3 aliphatic rings. The number of carbonyl (C=O) groups is 1. The van der Waals surface area contributed by atoms with Crippen LogP contribution in [0, 0.1) is 18.7 Å². The summed E-state index contributed by atoms with van der Waals surface area (Å²) < 4.78 is 36.2. The number of aromatic nitrogens is 1. The molecule has 3 N–H and O–H groups in total. The molecule has 3 fully saturated rings. The Bertz CT molecular complexity index is 1130. The predicted octanol–water partition coefficient (Wildman–Crippen LogP) is 1.98. The molecule has 2 aromatic rings. The Labute approximate surface area is 171 Å². The van der Waals surface area contributed by atoms with Crippen LogP contribution in [-0.4, -0.2) is 53.7 Å². The predicted molar refractivity (Wildman–Crippen MR) is 106 cm³/mol. The molecular weight excluding hydrogens is 396 g/mol. The molecule has 0 radical (unpaired) electrons. The molecule has 160 valence electrons. The number of alkyl halides is 1. The largest absolute Gasteiger partial charge is 0.477 e. The molecule has 0 unspecified atom stereocenters. The van der Waals surface area contributed by atoms with E-state index in [4.69, 9.17) is 10.5 Å². The number of rotatable bonds is 3. The third-order valence-corrected chi connectivity index (χ3v) is 6.78. The lowest BCUT2D eigenvalue weighted by atomic mass is 9.85. The van der Waals surface area contributed by atoms with Gasteiger partial charge in [-0.25, -0.2) is 13.6 Å². The molecule has 4 atom stereocenters. The number of halogens is 2. The summed E-state index contributed by atoms with van der Waals surface area (Å²) >= 11 is 0. The Hall–Kier alpha value is -2.52. The number of hydrogen-bond acceptors (Lipinski definition) is 5. The van der Waals surface area contributed by atoms with Crippen LogP contribution < -0.4 is 16.1 Å². The number of nitrogens with zero attached hydrogens (tertiary/aromatic N) is 2. The van der Waals surface area contributed by atoms with E-state index in [1.807, 2.05) is 4.90 Å². The molecule has 0 amide bonds. The molecule has 0 bridgehead atoms. The van der Waals surface area contributed by atoms with Gasteiger partial charge in [-0.05, 0) is 25.0 Å². The first-order valence-electron chi connectivity index (χ1n) is 10.1. The lowest BCUT2D eigenvalue weighted by Gasteiger charge is -2.34. The van der Waals surface area contributed by atoms with Crippen molar-refractivity contribution in [2.24, 2.45) is 11.7 Å². The van der Waals surface area contributed by atoms with Gasteiger partial charge in [-0.15, -0.1) is 0 Å². The van der Waals surface area contributed by atoms with E-state index in [2.05, 4.69) is 0 Å². The van der Waals surface area contributed by atoms with Gasteiger partial charge in [0.2, 0.25) is 5.43 Å². The van der Waals surface area contributed by atoms with Crippen molar-refractivity contribution >= 4 is 22.6 Å². The number of fused-ring (bicyclic) bond motifs is 2. The van der Waals surface area contributed by atoms with E-state index < -0.39 is 40.5 Å². The lowest BCUT2D eigenvalue weighted by Crippen LogP contribution is -2.54. The molecule has 30 heavy (non-hydrogen) atoms. The number of nitrogens with two attached hydrogens (primary N) is 1. The average molecular weight is 419 g/mol. The van der Waals surface area contributed by atoms with Crippen LogP contribution in [0.2, 0.25) is 0 Å². The molecule has 1 aromatic carbocycles. The quantitative estimate of drug-likeness (QED) is 0.790. The maximum Gasteiger partial charge on any atom is 0.341 e. The Balaban J connectivity index is 1.71. The van der Waals surface area contributed by atoms with Crippen molar-refractivity contribution < 1.29 is 23.4 Å². The zero-order valence-electron chi connectivity index (χ0n) is 16.5. The first kappa shape index (κ1) is 19.4. The number of hydrogen-bond donors (Lipinski definition) is 2. The van der Waals surface area contributed by atoms with Crippen LogP contribution in [0.1, 0.15) is 34.8 Å². The molecule has 3 heterocycles. The second kappa shape index (κ2) is 6.49. The van der Waals surface area contributed by atoms with E-state index in [0.29, 0.717) is 43.1 Å². The van der Waals surface area contributed by atoms with Gasteiger partial charge in [-0.3, -0.25) is 4.79 Å². The summed E-state index contributed by atoms with van der Waals surface area (Å²) in [6.45, 7) is 3.69. The van der Waals surface area contributed by atoms with Gasteiger partial charge in [-0.1, -0.05) is 0 Å². The number of pyridine rings is 1. The minimum Gasteiger partial charge on any atom is -0.477 e. The Kier molecular flexibility index (Phi) is 4.20. The van der Waals surface area contributed by atoms with Crippen molar-refractivity contribution in [1.29, 1.82) is 0 Å². The normalized spacial score (nSPS) is 30.5. The van der Waals surface area contributed by atoms with Gasteiger partial charge in [0.15, 0.2) is 0 Å². The zero-order chi connectivity index (χ0) is 21.4. The fourth-order valence-electron chi connectivity index (χ4n) is 5.11. The second-order valence-electron chi connectivity index (χ2n) is 8.78. The Morgan fingerprint density at radius 3 is 2.80 bits per heavy atom. The van der Waals surface area contributed by atoms with Crippen molar-refractivity contribution in [2.75, 3.05) is 31.2 Å². The SMILES string of the molecule is Cc1c(N2C[C@H]3CCOC[C@@]3(N)C2)c(F)cc2c(=O)c(C(=O)O)cn([C@@H]3C[C@@H]3F)c12. The average Bonchev–Trinajstić information content (AvgIpc) is 3.29. The van der Waals surface area contributed by atoms with Crippen LogP contribution >= 0.6 is 0 Å². The smallest absolute Gasteiger partial charge is 0.341 e. The Morgan fingerprint density at radius 1 is 1.43 bits per heavy atom. The molecule has 1 saturated carbocycles. The molecule has 2 aliphatic heterocycles. The van der Waals surface area contributed by atoms with Crippen molar-refractivity contribution in [1.82, 2.24) is 4.57 Å². The monoisotopic (exact) mass is 419 g/mol. The highest BCUT2D eigenvalue weighted by Crippen LogP contribution is 2.44. The summed E-state index contributed by atoms with van der Waals surface area (Å²) in [5, 5.41) is 9.35. The van der Waals surface area contributed by atoms with Crippen LogP contribution in [0.5, 0.6) is 0 Å². The van der Waals surface area contributed by atoms with E-state index >= 15 is 4.39 Å². The maximum absolute atomic E-state index is 15.3. The van der Waals surface area contributed by atoms with Crippen molar-refractivity contribution in [2.45, 2.75) is 37.5 Å². The van der Waals surface area contributed by atoms with Crippen LogP contribution in [0.15, 0.2) is 17.1 Å². The maximum atomic E-state index is 15.3. The third-order valence-electron chi connectivity index (χ3n) is 6.78. The molecule has 7 nitrogen and oxygen atoms in total. The van der Waals surface area contributed by atoms with Gasteiger partial charge < -0.3 is 25.0 Å². The molecule has 9 heteroatoms. The van der Waals surface area contributed by atoms with Gasteiger partial charge in [0, 0.05) is 43.6 Å². The van der Waals surface area contributed by atoms with Gasteiger partial charge in [-0.2, -0.15) is 0 Å². The fraction of sp³-hybridized carbons (Fsp3) is 0.524. The molecule has 1 aromatic heterocycles. The number of aryl methyl sites for hydroxylation is 1. The number of benzene rings is 1. The van der Waals surface area contributed by atoms with Crippen molar-refractivity contribution in [3.63, 3.8) is 0 Å². The summed E-state index contributed by atoms with van der Waals surface area (Å²) in [6, 6.07) is 0.527. The summed E-state index contributed by atoms with van der Waals surface area (Å²) in [4.78, 5) is 26.1. The van der Waals surface area contributed by atoms with Crippen molar-refractivity contribution in [3.8, 4) is 0 Å². The van der Waals surface area contributed by atoms with Gasteiger partial charge >= 0.3 is 5.97 Å². The highest BCUT2D eigenvalue weighted by Gasteiger charge is 2.47. The van der Waals surface area contributed by atoms with Crippen LogP contribution in [-0.2, 0) is 4.74 Å². The first-order valence-corrected chi connectivity index (χ1v) is 10.1. The summed E-state index contributed by atoms with van der Waals surface area (Å²) in [7, 11) is 0. The molecular formula is C21H23F2N3O4. The lowest BCUT2D eigenvalue weighted by molar-refractivity contribution is 0.0203. The Morgan fingerprint density at radius 2 is 2.17 bits per heavy atom. The molecule has 1 aliphatic carbocycles. The zero-order valence-corrected chi connectivity index (χ0v) is 16.5. The fourth-order valence-corrected chi connectivity index (χ4v) is 5.11. The highest BCUT2D eigenvalue weighted by atomic mass is 19.1. The van der Waals surface area contributed by atoms with E-state index in [1.165, 1.54) is 10.8 Å². The third kappa shape index (κ3) is 2.75. The summed E-state index contributed by atoms with van der Waals surface area (Å²) in [5.41, 5.74) is 5.90. The van der Waals surface area contributed by atoms with Gasteiger partial charge in [0.1, 0.15) is 17.6 Å². The van der Waals surface area contributed by atoms with E-state index in [9.17, 15) is 19.1 Å². The van der Waals surface area contributed by atoms with Gasteiger partial charge in [0.25, 0.3) is 0 Å². The summed E-state index contributed by atoms with van der Waals surface area (Å²) in [5.74, 6) is -1.86. The van der Waals surface area contributed by atoms with E-state index in [-0.39, 0.29) is 17.7 Å². The molecule has 0 spiro atoms. The van der Waals surface area contributed by atoms with E-state index in [1.54, 1.807) is 6.92 Å². The van der Waals surface area contributed by atoms with Gasteiger partial charge in [0.05, 0.1) is 29.4 Å². The topological polar surface area (TPSA) is 97.8 Å². The number of aromatic carboxylic acids is 1. The van der Waals surface area contributed by atoms with Crippen molar-refractivity contribution in [3.05, 3.63) is 39.4 Å². The van der Waals surface area contributed by atoms with Crippen LogP contribution in [0.3, 0.4) is 0 Å². The number of anilines is 1. The number of carboxylic acids is 1. The number of carboxylic acid groups (broad SMARTS) is 1. The molecule has 2 saturated heterocycles. The van der Waals surface area contributed by atoms with E-state index in [0.717, 1.165) is 12.5 Å².